The Labute approximate surface area is 121 Å². The lowest BCUT2D eigenvalue weighted by Gasteiger charge is -2.37. The predicted molar refractivity (Wildman–Crippen MR) is 84.5 cm³/mol. The van der Waals surface area contributed by atoms with Crippen molar-refractivity contribution < 1.29 is 0 Å². The zero-order valence-electron chi connectivity index (χ0n) is 13.2. The first-order valence-corrected chi connectivity index (χ1v) is 9.12. The van der Waals surface area contributed by atoms with Crippen LogP contribution in [0, 0.1) is 11.8 Å². The van der Waals surface area contributed by atoms with Crippen LogP contribution in [0.3, 0.4) is 0 Å². The maximum absolute atomic E-state index is 2.79. The Balaban J connectivity index is 1.69. The van der Waals surface area contributed by atoms with E-state index in [-0.39, 0.29) is 0 Å². The van der Waals surface area contributed by atoms with Crippen LogP contribution in [0.5, 0.6) is 0 Å². The summed E-state index contributed by atoms with van der Waals surface area (Å²) in [5, 5.41) is 0. The third kappa shape index (κ3) is 5.45. The molecule has 0 aromatic rings. The maximum atomic E-state index is 2.79. The van der Waals surface area contributed by atoms with Gasteiger partial charge in [-0.3, -0.25) is 0 Å². The maximum Gasteiger partial charge on any atom is 0.00123 e. The zero-order chi connectivity index (χ0) is 13.3. The van der Waals surface area contributed by atoms with Crippen molar-refractivity contribution in [2.75, 3.05) is 19.6 Å². The first kappa shape index (κ1) is 15.4. The molecule has 1 aliphatic carbocycles. The van der Waals surface area contributed by atoms with Gasteiger partial charge in [-0.2, -0.15) is 0 Å². The van der Waals surface area contributed by atoms with Crippen LogP contribution in [0.1, 0.15) is 84.0 Å². The van der Waals surface area contributed by atoms with Crippen LogP contribution in [0.2, 0.25) is 0 Å². The van der Waals surface area contributed by atoms with Gasteiger partial charge in [-0.25, -0.2) is 0 Å². The van der Waals surface area contributed by atoms with Crippen molar-refractivity contribution in [3.05, 3.63) is 0 Å². The molecule has 1 aliphatic heterocycles. The first-order valence-electron chi connectivity index (χ1n) is 9.12. The Bertz CT molecular complexity index is 218. The van der Waals surface area contributed by atoms with Crippen LogP contribution in [0.15, 0.2) is 0 Å². The van der Waals surface area contributed by atoms with Crippen molar-refractivity contribution in [1.82, 2.24) is 4.90 Å². The van der Waals surface area contributed by atoms with Crippen LogP contribution in [-0.4, -0.2) is 24.5 Å². The molecule has 1 unspecified atom stereocenters. The van der Waals surface area contributed by atoms with Gasteiger partial charge in [0, 0.05) is 6.54 Å². The summed E-state index contributed by atoms with van der Waals surface area (Å²) in [5.41, 5.74) is 0. The molecular weight excluding hydrogens is 230 g/mol. The Morgan fingerprint density at radius 1 is 0.789 bits per heavy atom. The highest BCUT2D eigenvalue weighted by molar-refractivity contribution is 4.80. The van der Waals surface area contributed by atoms with Gasteiger partial charge in [-0.15, -0.1) is 0 Å². The molecule has 0 aromatic heterocycles. The van der Waals surface area contributed by atoms with Gasteiger partial charge in [0.25, 0.3) is 0 Å². The summed E-state index contributed by atoms with van der Waals surface area (Å²) < 4.78 is 0. The Kier molecular flexibility index (Phi) is 7.27. The van der Waals surface area contributed by atoms with E-state index in [9.17, 15) is 0 Å². The molecule has 1 nitrogen and oxygen atoms in total. The smallest absolute Gasteiger partial charge is 0.00123 e. The molecule has 1 heterocycles. The number of nitrogens with zero attached hydrogens (tertiary/aromatic N) is 1. The van der Waals surface area contributed by atoms with E-state index >= 15 is 0 Å². The van der Waals surface area contributed by atoms with Gasteiger partial charge in [-0.05, 0) is 44.2 Å². The molecule has 1 atom stereocenters. The molecule has 112 valence electrons. The summed E-state index contributed by atoms with van der Waals surface area (Å²) in [6, 6.07) is 0. The Morgan fingerprint density at radius 2 is 1.53 bits per heavy atom. The van der Waals surface area contributed by atoms with E-state index in [1.165, 1.54) is 96.7 Å². The predicted octanol–water partition coefficient (Wildman–Crippen LogP) is 5.25. The lowest BCUT2D eigenvalue weighted by atomic mass is 9.81. The van der Waals surface area contributed by atoms with Gasteiger partial charge < -0.3 is 4.90 Å². The quantitative estimate of drug-likeness (QED) is 0.468. The normalized spacial score (nSPS) is 27.3. The first-order chi connectivity index (χ1) is 9.40. The topological polar surface area (TPSA) is 3.24 Å². The van der Waals surface area contributed by atoms with E-state index in [1.54, 1.807) is 0 Å². The number of unbranched alkanes of at least 4 members (excludes halogenated alkanes) is 3. The van der Waals surface area contributed by atoms with E-state index in [0.29, 0.717) is 0 Å². The van der Waals surface area contributed by atoms with Gasteiger partial charge in [0.15, 0.2) is 0 Å². The summed E-state index contributed by atoms with van der Waals surface area (Å²) in [5.74, 6) is 2.11. The highest BCUT2D eigenvalue weighted by Crippen LogP contribution is 2.34. The summed E-state index contributed by atoms with van der Waals surface area (Å²) in [7, 11) is 0. The molecule has 0 N–H and O–H groups in total. The SMILES string of the molecule is CCCCCCN1CCCC(C2CCCCCC2)C1. The minimum absolute atomic E-state index is 1.04. The number of hydrogen-bond donors (Lipinski definition) is 0. The van der Waals surface area contributed by atoms with E-state index in [4.69, 9.17) is 0 Å². The van der Waals surface area contributed by atoms with Crippen molar-refractivity contribution in [2.45, 2.75) is 84.0 Å². The lowest BCUT2D eigenvalue weighted by Crippen LogP contribution is -2.38. The van der Waals surface area contributed by atoms with Crippen molar-refractivity contribution in [1.29, 1.82) is 0 Å². The van der Waals surface area contributed by atoms with E-state index < -0.39 is 0 Å². The largest absolute Gasteiger partial charge is 0.303 e. The van der Waals surface area contributed by atoms with Crippen LogP contribution in [0.25, 0.3) is 0 Å². The summed E-state index contributed by atoms with van der Waals surface area (Å²) >= 11 is 0. The summed E-state index contributed by atoms with van der Waals surface area (Å²) in [6.07, 6.45) is 17.8. The number of piperidine rings is 1. The second kappa shape index (κ2) is 9.00. The fraction of sp³-hybridized carbons (Fsp3) is 1.00. The molecule has 0 radical (unpaired) electrons. The van der Waals surface area contributed by atoms with Crippen LogP contribution >= 0.6 is 0 Å². The molecule has 1 heteroatoms. The average Bonchev–Trinajstić information content (AvgIpc) is 2.73. The van der Waals surface area contributed by atoms with Crippen molar-refractivity contribution in [2.24, 2.45) is 11.8 Å². The molecule has 0 spiro atoms. The molecule has 19 heavy (non-hydrogen) atoms. The number of hydrogen-bond acceptors (Lipinski definition) is 1. The van der Waals surface area contributed by atoms with Crippen molar-refractivity contribution in [3.8, 4) is 0 Å². The lowest BCUT2D eigenvalue weighted by molar-refractivity contribution is 0.124. The van der Waals surface area contributed by atoms with Crippen molar-refractivity contribution >= 4 is 0 Å². The van der Waals surface area contributed by atoms with Gasteiger partial charge in [0.2, 0.25) is 0 Å². The fourth-order valence-electron chi connectivity index (χ4n) is 4.22. The molecule has 0 aromatic carbocycles. The summed E-state index contributed by atoms with van der Waals surface area (Å²) in [4.78, 5) is 2.79. The molecule has 0 bridgehead atoms. The summed E-state index contributed by atoms with van der Waals surface area (Å²) in [6.45, 7) is 6.50. The van der Waals surface area contributed by atoms with Gasteiger partial charge in [0.1, 0.15) is 0 Å². The van der Waals surface area contributed by atoms with Crippen molar-refractivity contribution in [3.63, 3.8) is 0 Å². The minimum Gasteiger partial charge on any atom is -0.303 e. The molecule has 1 saturated carbocycles. The Morgan fingerprint density at radius 3 is 2.26 bits per heavy atom. The zero-order valence-corrected chi connectivity index (χ0v) is 13.2. The van der Waals surface area contributed by atoms with Crippen LogP contribution < -0.4 is 0 Å². The second-order valence-corrected chi connectivity index (χ2v) is 7.02. The monoisotopic (exact) mass is 265 g/mol. The van der Waals surface area contributed by atoms with E-state index in [0.717, 1.165) is 11.8 Å². The molecule has 2 rings (SSSR count). The second-order valence-electron chi connectivity index (χ2n) is 7.02. The van der Waals surface area contributed by atoms with E-state index in [2.05, 4.69) is 11.8 Å². The highest BCUT2D eigenvalue weighted by atomic mass is 15.1. The van der Waals surface area contributed by atoms with Gasteiger partial charge in [0.05, 0.1) is 0 Å². The molecule has 2 aliphatic rings. The third-order valence-electron chi connectivity index (χ3n) is 5.44. The minimum atomic E-state index is 1.04. The fourth-order valence-corrected chi connectivity index (χ4v) is 4.22. The molecular formula is C18H35N. The molecule has 1 saturated heterocycles. The number of likely N-dealkylation sites (tertiary alicyclic amines) is 1. The van der Waals surface area contributed by atoms with Crippen LogP contribution in [-0.2, 0) is 0 Å². The Hall–Kier alpha value is -0.0400. The average molecular weight is 265 g/mol. The standard InChI is InChI=1S/C18H35N/c1-2-3-4-9-14-19-15-10-13-18(16-19)17-11-7-5-6-8-12-17/h17-18H,2-16H2,1H3. The van der Waals surface area contributed by atoms with Gasteiger partial charge in [-0.1, -0.05) is 64.7 Å². The molecule has 2 fully saturated rings. The van der Waals surface area contributed by atoms with E-state index in [1.807, 2.05) is 0 Å². The van der Waals surface area contributed by atoms with Gasteiger partial charge >= 0.3 is 0 Å². The third-order valence-corrected chi connectivity index (χ3v) is 5.44. The van der Waals surface area contributed by atoms with Crippen LogP contribution in [0.4, 0.5) is 0 Å². The molecule has 0 amide bonds. The highest BCUT2D eigenvalue weighted by Gasteiger charge is 2.27. The number of rotatable bonds is 6.